The Balaban J connectivity index is 1.74. The van der Waals surface area contributed by atoms with Crippen molar-refractivity contribution >= 4 is 51.2 Å². The van der Waals surface area contributed by atoms with E-state index in [1.807, 2.05) is 48.7 Å². The fraction of sp³-hybridized carbons (Fsp3) is 0.150. The molecule has 0 radical (unpaired) electrons. The van der Waals surface area contributed by atoms with Crippen LogP contribution >= 0.6 is 33.9 Å². The predicted molar refractivity (Wildman–Crippen MR) is 120 cm³/mol. The van der Waals surface area contributed by atoms with Crippen LogP contribution < -0.4 is 14.9 Å². The first-order chi connectivity index (χ1) is 13.6. The average Bonchev–Trinajstić information content (AvgIpc) is 3.14. The van der Waals surface area contributed by atoms with E-state index in [1.54, 1.807) is 12.3 Å². The number of esters is 1. The van der Waals surface area contributed by atoms with E-state index < -0.39 is 0 Å². The number of carbonyl (C=O) groups excluding carboxylic acids is 1. The zero-order valence-corrected chi connectivity index (χ0v) is 18.3. The number of thiazole rings is 1. The molecule has 8 heteroatoms. The quantitative estimate of drug-likeness (QED) is 0.157. The summed E-state index contributed by atoms with van der Waals surface area (Å²) < 4.78 is 11.6. The number of nitrogens with zero attached hydrogens (tertiary/aromatic N) is 2. The van der Waals surface area contributed by atoms with Crippen LogP contribution in [-0.2, 0) is 4.79 Å². The molecule has 0 aliphatic rings. The zero-order valence-electron chi connectivity index (χ0n) is 15.3. The Hall–Kier alpha value is -2.46. The van der Waals surface area contributed by atoms with Crippen molar-refractivity contribution in [3.05, 3.63) is 57.0 Å². The number of rotatable bonds is 7. The fourth-order valence-electron chi connectivity index (χ4n) is 2.40. The molecule has 0 unspecified atom stereocenters. The molecule has 0 atom stereocenters. The molecule has 28 heavy (non-hydrogen) atoms. The zero-order chi connectivity index (χ0) is 19.9. The molecular weight excluding hydrogens is 489 g/mol. The summed E-state index contributed by atoms with van der Waals surface area (Å²) in [6.07, 6.45) is 1.67. The number of anilines is 1. The molecule has 144 valence electrons. The van der Waals surface area contributed by atoms with E-state index in [9.17, 15) is 4.79 Å². The van der Waals surface area contributed by atoms with Crippen molar-refractivity contribution in [1.29, 1.82) is 0 Å². The van der Waals surface area contributed by atoms with Crippen LogP contribution in [-0.4, -0.2) is 23.8 Å². The summed E-state index contributed by atoms with van der Waals surface area (Å²) in [7, 11) is 0. The second-order valence-electron chi connectivity index (χ2n) is 5.63. The lowest BCUT2D eigenvalue weighted by molar-refractivity contribution is -0.132. The Morgan fingerprint density at radius 3 is 2.82 bits per heavy atom. The van der Waals surface area contributed by atoms with Gasteiger partial charge in [-0.2, -0.15) is 5.10 Å². The van der Waals surface area contributed by atoms with Crippen LogP contribution in [0, 0.1) is 3.57 Å². The summed E-state index contributed by atoms with van der Waals surface area (Å²) in [6.45, 7) is 3.70. The summed E-state index contributed by atoms with van der Waals surface area (Å²) in [5, 5.41) is 6.94. The molecule has 0 spiro atoms. The van der Waals surface area contributed by atoms with Gasteiger partial charge in [0.2, 0.25) is 5.13 Å². The van der Waals surface area contributed by atoms with Gasteiger partial charge in [0.1, 0.15) is 0 Å². The minimum Gasteiger partial charge on any atom is -0.490 e. The topological polar surface area (TPSA) is 72.8 Å². The Bertz CT molecular complexity index is 990. The van der Waals surface area contributed by atoms with Gasteiger partial charge in [-0.05, 0) is 47.2 Å². The molecule has 2 aromatic carbocycles. The Labute approximate surface area is 180 Å². The van der Waals surface area contributed by atoms with E-state index in [-0.39, 0.29) is 5.97 Å². The predicted octanol–water partition coefficient (Wildman–Crippen LogP) is 5.18. The first-order valence-electron chi connectivity index (χ1n) is 8.51. The van der Waals surface area contributed by atoms with Crippen molar-refractivity contribution in [2.24, 2.45) is 5.10 Å². The van der Waals surface area contributed by atoms with Crippen molar-refractivity contribution in [3.63, 3.8) is 0 Å². The molecule has 3 rings (SSSR count). The van der Waals surface area contributed by atoms with E-state index in [0.29, 0.717) is 23.2 Å². The monoisotopic (exact) mass is 507 g/mol. The number of hydrazone groups is 1. The maximum atomic E-state index is 11.3. The SMILES string of the molecule is CCOc1cc(C=NNc2nc(-c3ccccc3)cs2)cc(I)c1OC(C)=O. The van der Waals surface area contributed by atoms with Gasteiger partial charge < -0.3 is 9.47 Å². The molecule has 0 aliphatic carbocycles. The average molecular weight is 507 g/mol. The van der Waals surface area contributed by atoms with Gasteiger partial charge in [-0.3, -0.25) is 10.2 Å². The second-order valence-corrected chi connectivity index (χ2v) is 7.65. The number of hydrogen-bond donors (Lipinski definition) is 1. The fourth-order valence-corrected chi connectivity index (χ4v) is 3.80. The third-order valence-corrected chi connectivity index (χ3v) is 5.07. The van der Waals surface area contributed by atoms with Gasteiger partial charge in [0, 0.05) is 17.9 Å². The standard InChI is InChI=1S/C20H18IN3O3S/c1-3-26-18-10-14(9-16(21)19(18)27-13(2)25)11-22-24-20-23-17(12-28-20)15-7-5-4-6-8-15/h4-12H,3H2,1-2H3,(H,23,24). The lowest BCUT2D eigenvalue weighted by Gasteiger charge is -2.12. The highest BCUT2D eigenvalue weighted by Crippen LogP contribution is 2.34. The van der Waals surface area contributed by atoms with Crippen molar-refractivity contribution in [1.82, 2.24) is 4.98 Å². The minimum absolute atomic E-state index is 0.389. The molecule has 1 heterocycles. The molecule has 0 amide bonds. The molecular formula is C20H18IN3O3S. The minimum atomic E-state index is -0.389. The van der Waals surface area contributed by atoms with E-state index in [2.05, 4.69) is 38.1 Å². The number of benzene rings is 2. The molecule has 0 saturated carbocycles. The number of hydrogen-bond acceptors (Lipinski definition) is 7. The van der Waals surface area contributed by atoms with Gasteiger partial charge in [-0.15, -0.1) is 11.3 Å². The normalized spacial score (nSPS) is 10.8. The van der Waals surface area contributed by atoms with Gasteiger partial charge in [-0.25, -0.2) is 4.98 Å². The highest BCUT2D eigenvalue weighted by Gasteiger charge is 2.13. The van der Waals surface area contributed by atoms with Crippen molar-refractivity contribution in [2.45, 2.75) is 13.8 Å². The number of aromatic nitrogens is 1. The van der Waals surface area contributed by atoms with Crippen LogP contribution in [0.15, 0.2) is 52.9 Å². The molecule has 3 aromatic rings. The van der Waals surface area contributed by atoms with Crippen molar-refractivity contribution in [2.75, 3.05) is 12.0 Å². The summed E-state index contributed by atoms with van der Waals surface area (Å²) in [6, 6.07) is 13.6. The van der Waals surface area contributed by atoms with Crippen LogP contribution in [0.1, 0.15) is 19.4 Å². The smallest absolute Gasteiger partial charge is 0.308 e. The van der Waals surface area contributed by atoms with Crippen LogP contribution in [0.5, 0.6) is 11.5 Å². The largest absolute Gasteiger partial charge is 0.490 e. The van der Waals surface area contributed by atoms with E-state index in [0.717, 1.165) is 20.4 Å². The van der Waals surface area contributed by atoms with Crippen molar-refractivity contribution in [3.8, 4) is 22.8 Å². The van der Waals surface area contributed by atoms with Gasteiger partial charge in [-0.1, -0.05) is 30.3 Å². The highest BCUT2D eigenvalue weighted by atomic mass is 127. The van der Waals surface area contributed by atoms with Crippen molar-refractivity contribution < 1.29 is 14.3 Å². The molecule has 0 bridgehead atoms. The molecule has 0 fully saturated rings. The Morgan fingerprint density at radius 1 is 1.32 bits per heavy atom. The molecule has 1 N–H and O–H groups in total. The maximum absolute atomic E-state index is 11.3. The molecule has 0 saturated heterocycles. The van der Waals surface area contributed by atoms with Crippen LogP contribution in [0.2, 0.25) is 0 Å². The second kappa shape index (κ2) is 9.65. The number of carbonyl (C=O) groups is 1. The lowest BCUT2D eigenvalue weighted by atomic mass is 10.2. The van der Waals surface area contributed by atoms with Crippen LogP contribution in [0.4, 0.5) is 5.13 Å². The van der Waals surface area contributed by atoms with Gasteiger partial charge in [0.05, 0.1) is 22.1 Å². The third-order valence-electron chi connectivity index (χ3n) is 3.53. The van der Waals surface area contributed by atoms with E-state index in [4.69, 9.17) is 9.47 Å². The number of halogens is 1. The molecule has 1 aromatic heterocycles. The first kappa shape index (κ1) is 20.3. The maximum Gasteiger partial charge on any atom is 0.308 e. The van der Waals surface area contributed by atoms with Gasteiger partial charge >= 0.3 is 5.97 Å². The summed E-state index contributed by atoms with van der Waals surface area (Å²) in [5.41, 5.74) is 5.73. The molecule has 0 aliphatic heterocycles. The first-order valence-corrected chi connectivity index (χ1v) is 10.5. The Morgan fingerprint density at radius 2 is 2.11 bits per heavy atom. The van der Waals surface area contributed by atoms with Crippen LogP contribution in [0.25, 0.3) is 11.3 Å². The number of nitrogens with one attached hydrogen (secondary N) is 1. The highest BCUT2D eigenvalue weighted by molar-refractivity contribution is 14.1. The summed E-state index contributed by atoms with van der Waals surface area (Å²) in [5.74, 6) is 0.541. The third kappa shape index (κ3) is 5.29. The van der Waals surface area contributed by atoms with E-state index in [1.165, 1.54) is 18.3 Å². The summed E-state index contributed by atoms with van der Waals surface area (Å²) >= 11 is 3.59. The van der Waals surface area contributed by atoms with E-state index >= 15 is 0 Å². The van der Waals surface area contributed by atoms with Gasteiger partial charge in [0.15, 0.2) is 11.5 Å². The van der Waals surface area contributed by atoms with Gasteiger partial charge in [0.25, 0.3) is 0 Å². The van der Waals surface area contributed by atoms with Crippen LogP contribution in [0.3, 0.4) is 0 Å². The summed E-state index contributed by atoms with van der Waals surface area (Å²) in [4.78, 5) is 15.8. The number of ether oxygens (including phenoxy) is 2. The lowest BCUT2D eigenvalue weighted by Crippen LogP contribution is -2.06. The molecule has 6 nitrogen and oxygen atoms in total. The Kier molecular flexibility index (Phi) is 6.99.